The highest BCUT2D eigenvalue weighted by molar-refractivity contribution is 5.37. The number of aryl methyl sites for hydroxylation is 1. The summed E-state index contributed by atoms with van der Waals surface area (Å²) in [5.41, 5.74) is -1.62. The van der Waals surface area contributed by atoms with Gasteiger partial charge in [-0.3, -0.25) is 4.68 Å². The zero-order chi connectivity index (χ0) is 15.9. The normalized spacial score (nSPS) is 12.6. The molecule has 1 aromatic carbocycles. The lowest BCUT2D eigenvalue weighted by Crippen LogP contribution is -2.15. The van der Waals surface area contributed by atoms with Crippen molar-refractivity contribution < 1.29 is 31.8 Å². The van der Waals surface area contributed by atoms with Crippen molar-refractivity contribution in [2.45, 2.75) is 6.10 Å². The lowest BCUT2D eigenvalue weighted by Gasteiger charge is -2.16. The van der Waals surface area contributed by atoms with Crippen molar-refractivity contribution in [2.75, 3.05) is 7.11 Å². The van der Waals surface area contributed by atoms with E-state index in [0.29, 0.717) is 0 Å². The van der Waals surface area contributed by atoms with Gasteiger partial charge in [-0.2, -0.15) is 5.10 Å². The van der Waals surface area contributed by atoms with Gasteiger partial charge in [-0.25, -0.2) is 22.0 Å². The van der Waals surface area contributed by atoms with Gasteiger partial charge in [0.2, 0.25) is 5.82 Å². The molecular weight excluding hydrogens is 299 g/mol. The van der Waals surface area contributed by atoms with Crippen LogP contribution in [0, 0.1) is 29.1 Å². The SMILES string of the molecule is COc1cnn(C)c1C(O)c1c(F)c(F)c(F)c(F)c1F. The molecule has 0 aliphatic carbocycles. The molecule has 114 valence electrons. The number of aliphatic hydroxyl groups excluding tert-OH is 1. The Morgan fingerprint density at radius 3 is 2.00 bits per heavy atom. The molecule has 0 fully saturated rings. The lowest BCUT2D eigenvalue weighted by atomic mass is 10.0. The molecule has 9 heteroatoms. The first-order valence-corrected chi connectivity index (χ1v) is 5.56. The Morgan fingerprint density at radius 1 is 1.05 bits per heavy atom. The summed E-state index contributed by atoms with van der Waals surface area (Å²) < 4.78 is 72.4. The number of ether oxygens (including phenoxy) is 1. The van der Waals surface area contributed by atoms with E-state index in [4.69, 9.17) is 4.74 Å². The fourth-order valence-electron chi connectivity index (χ4n) is 1.89. The van der Waals surface area contributed by atoms with Gasteiger partial charge in [-0.15, -0.1) is 0 Å². The van der Waals surface area contributed by atoms with Gasteiger partial charge in [0.05, 0.1) is 18.9 Å². The smallest absolute Gasteiger partial charge is 0.200 e. The van der Waals surface area contributed by atoms with Crippen molar-refractivity contribution in [3.63, 3.8) is 0 Å². The van der Waals surface area contributed by atoms with Crippen molar-refractivity contribution in [2.24, 2.45) is 7.05 Å². The highest BCUT2D eigenvalue weighted by Gasteiger charge is 2.33. The van der Waals surface area contributed by atoms with E-state index in [1.54, 1.807) is 0 Å². The second-order valence-electron chi connectivity index (χ2n) is 4.11. The standard InChI is InChI=1S/C12H9F5N2O2/c1-19-11(4(21-2)3-18-19)12(20)5-6(13)8(15)10(17)9(16)7(5)14/h3,12,20H,1-2H3. The van der Waals surface area contributed by atoms with E-state index in [-0.39, 0.29) is 11.4 Å². The minimum atomic E-state index is -2.29. The summed E-state index contributed by atoms with van der Waals surface area (Å²) in [6, 6.07) is 0. The van der Waals surface area contributed by atoms with Crippen molar-refractivity contribution >= 4 is 0 Å². The van der Waals surface area contributed by atoms with Crippen LogP contribution in [0.5, 0.6) is 5.75 Å². The van der Waals surface area contributed by atoms with Crippen LogP contribution in [0.15, 0.2) is 6.20 Å². The second-order valence-corrected chi connectivity index (χ2v) is 4.11. The maximum atomic E-state index is 13.7. The summed E-state index contributed by atoms with van der Waals surface area (Å²) in [7, 11) is 2.51. The van der Waals surface area contributed by atoms with E-state index in [1.165, 1.54) is 14.2 Å². The van der Waals surface area contributed by atoms with Gasteiger partial charge in [0.1, 0.15) is 11.8 Å². The van der Waals surface area contributed by atoms with Gasteiger partial charge in [-0.05, 0) is 0 Å². The van der Waals surface area contributed by atoms with Crippen molar-refractivity contribution in [1.29, 1.82) is 0 Å². The number of aliphatic hydroxyl groups is 1. The van der Waals surface area contributed by atoms with Gasteiger partial charge < -0.3 is 9.84 Å². The number of aromatic nitrogens is 2. The molecule has 0 bridgehead atoms. The predicted octanol–water partition coefficient (Wildman–Crippen LogP) is 2.21. The molecule has 1 N–H and O–H groups in total. The van der Waals surface area contributed by atoms with Gasteiger partial charge in [0.25, 0.3) is 0 Å². The van der Waals surface area contributed by atoms with Crippen LogP contribution in [0.25, 0.3) is 0 Å². The van der Waals surface area contributed by atoms with Crippen LogP contribution >= 0.6 is 0 Å². The summed E-state index contributed by atoms with van der Waals surface area (Å²) in [5.74, 6) is -10.8. The Bertz CT molecular complexity index is 672. The van der Waals surface area contributed by atoms with E-state index in [0.717, 1.165) is 10.9 Å². The first-order chi connectivity index (χ1) is 9.81. The maximum absolute atomic E-state index is 13.7. The van der Waals surface area contributed by atoms with Crippen LogP contribution in [-0.2, 0) is 7.05 Å². The van der Waals surface area contributed by atoms with E-state index in [1.807, 2.05) is 0 Å². The van der Waals surface area contributed by atoms with E-state index < -0.39 is 40.8 Å². The Balaban J connectivity index is 2.69. The number of hydrogen-bond acceptors (Lipinski definition) is 3. The highest BCUT2D eigenvalue weighted by Crippen LogP contribution is 2.34. The monoisotopic (exact) mass is 308 g/mol. The van der Waals surface area contributed by atoms with Crippen LogP contribution in [0.2, 0.25) is 0 Å². The largest absolute Gasteiger partial charge is 0.493 e. The summed E-state index contributed by atoms with van der Waals surface area (Å²) in [5, 5.41) is 13.7. The minimum absolute atomic E-state index is 0.0612. The maximum Gasteiger partial charge on any atom is 0.200 e. The summed E-state index contributed by atoms with van der Waals surface area (Å²) >= 11 is 0. The number of methoxy groups -OCH3 is 1. The molecule has 0 radical (unpaired) electrons. The van der Waals surface area contributed by atoms with E-state index >= 15 is 0 Å². The van der Waals surface area contributed by atoms with Crippen molar-refractivity contribution in [3.8, 4) is 5.75 Å². The van der Waals surface area contributed by atoms with Gasteiger partial charge in [0.15, 0.2) is 29.0 Å². The molecule has 0 saturated carbocycles. The highest BCUT2D eigenvalue weighted by atomic mass is 19.2. The molecule has 0 aliphatic rings. The summed E-state index contributed by atoms with van der Waals surface area (Å²) in [4.78, 5) is 0. The van der Waals surface area contributed by atoms with E-state index in [2.05, 4.69) is 5.10 Å². The zero-order valence-corrected chi connectivity index (χ0v) is 10.8. The van der Waals surface area contributed by atoms with Crippen LogP contribution in [0.4, 0.5) is 22.0 Å². The Labute approximate surface area is 115 Å². The molecule has 2 aromatic rings. The average Bonchev–Trinajstić information content (AvgIpc) is 2.84. The van der Waals surface area contributed by atoms with Crippen molar-refractivity contribution in [1.82, 2.24) is 9.78 Å². The number of benzene rings is 1. The Kier molecular flexibility index (Phi) is 3.86. The minimum Gasteiger partial charge on any atom is -0.493 e. The molecule has 0 amide bonds. The predicted molar refractivity (Wildman–Crippen MR) is 60.1 cm³/mol. The van der Waals surface area contributed by atoms with Crippen LogP contribution in [-0.4, -0.2) is 22.0 Å². The van der Waals surface area contributed by atoms with Crippen LogP contribution < -0.4 is 4.74 Å². The first kappa shape index (κ1) is 15.2. The molecule has 21 heavy (non-hydrogen) atoms. The molecule has 1 atom stereocenters. The number of halogens is 5. The van der Waals surface area contributed by atoms with Crippen LogP contribution in [0.3, 0.4) is 0 Å². The molecule has 1 unspecified atom stereocenters. The second kappa shape index (κ2) is 5.32. The molecule has 0 spiro atoms. The van der Waals surface area contributed by atoms with Gasteiger partial charge in [-0.1, -0.05) is 0 Å². The summed E-state index contributed by atoms with van der Waals surface area (Å²) in [6.07, 6.45) is -1.01. The summed E-state index contributed by atoms with van der Waals surface area (Å²) in [6.45, 7) is 0. The number of nitrogens with zero attached hydrogens (tertiary/aromatic N) is 2. The fraction of sp³-hybridized carbons (Fsp3) is 0.250. The average molecular weight is 308 g/mol. The molecular formula is C12H9F5N2O2. The number of hydrogen-bond donors (Lipinski definition) is 1. The molecule has 4 nitrogen and oxygen atoms in total. The van der Waals surface area contributed by atoms with E-state index in [9.17, 15) is 27.1 Å². The zero-order valence-electron chi connectivity index (χ0n) is 10.8. The van der Waals surface area contributed by atoms with Crippen molar-refractivity contribution in [3.05, 3.63) is 46.5 Å². The molecule has 0 saturated heterocycles. The molecule has 1 heterocycles. The van der Waals surface area contributed by atoms with Gasteiger partial charge in [0, 0.05) is 7.05 Å². The number of rotatable bonds is 3. The fourth-order valence-corrected chi connectivity index (χ4v) is 1.89. The quantitative estimate of drug-likeness (QED) is 0.537. The van der Waals surface area contributed by atoms with Crippen LogP contribution in [0.1, 0.15) is 17.4 Å². The van der Waals surface area contributed by atoms with Gasteiger partial charge >= 0.3 is 0 Å². The third-order valence-electron chi connectivity index (χ3n) is 2.95. The molecule has 1 aromatic heterocycles. The third kappa shape index (κ3) is 2.23. The first-order valence-electron chi connectivity index (χ1n) is 5.56. The molecule has 0 aliphatic heterocycles. The third-order valence-corrected chi connectivity index (χ3v) is 2.95. The molecule has 2 rings (SSSR count). The topological polar surface area (TPSA) is 47.3 Å². The Hall–Kier alpha value is -2.16. The lowest BCUT2D eigenvalue weighted by molar-refractivity contribution is 0.188. The Morgan fingerprint density at radius 2 is 1.52 bits per heavy atom.